The number of rotatable bonds is 5. The molecule has 0 aromatic heterocycles. The zero-order chi connectivity index (χ0) is 18.4. The van der Waals surface area contributed by atoms with E-state index in [2.05, 4.69) is 0 Å². The van der Waals surface area contributed by atoms with Crippen molar-refractivity contribution >= 4 is 12.0 Å². The Bertz CT molecular complexity index is 585. The monoisotopic (exact) mass is 358 g/mol. The van der Waals surface area contributed by atoms with Gasteiger partial charge in [0.15, 0.2) is 0 Å². The number of likely N-dealkylation sites (tertiary alicyclic amines) is 1. The van der Waals surface area contributed by atoms with Crippen molar-refractivity contribution in [1.29, 1.82) is 0 Å². The quantitative estimate of drug-likeness (QED) is 0.880. The lowest BCUT2D eigenvalue weighted by molar-refractivity contribution is -0.186. The number of hydrogen-bond acceptors (Lipinski definition) is 2. The first kappa shape index (κ1) is 19.1. The molecule has 0 radical (unpaired) electrons. The Morgan fingerprint density at radius 1 is 1.16 bits per heavy atom. The first-order valence-electron chi connectivity index (χ1n) is 8.18. The van der Waals surface area contributed by atoms with Gasteiger partial charge in [-0.15, -0.1) is 0 Å². The van der Waals surface area contributed by atoms with Gasteiger partial charge in [-0.25, -0.2) is 4.79 Å². The number of carbonyl (C=O) groups excluding carboxylic acids is 1. The summed E-state index contributed by atoms with van der Waals surface area (Å²) in [6, 6.07) is 9.31. The van der Waals surface area contributed by atoms with Gasteiger partial charge in [-0.2, -0.15) is 13.2 Å². The fraction of sp³-hybridized carbons (Fsp3) is 0.529. The van der Waals surface area contributed by atoms with Gasteiger partial charge in [0.2, 0.25) is 0 Å². The van der Waals surface area contributed by atoms with E-state index in [1.165, 1.54) is 4.90 Å². The number of aryl methyl sites for hydroxylation is 1. The number of piperidine rings is 1. The molecule has 0 aliphatic carbocycles. The SMILES string of the molecule is O=C(O)N(CCCc1ccccc1)C1CCN(C(=O)C(F)(F)F)CC1. The minimum Gasteiger partial charge on any atom is -0.465 e. The summed E-state index contributed by atoms with van der Waals surface area (Å²) in [5, 5.41) is 9.39. The molecule has 1 saturated heterocycles. The molecule has 0 unspecified atom stereocenters. The minimum absolute atomic E-state index is 0.0779. The van der Waals surface area contributed by atoms with Crippen LogP contribution in [0.15, 0.2) is 30.3 Å². The minimum atomic E-state index is -4.88. The maximum absolute atomic E-state index is 12.4. The summed E-state index contributed by atoms with van der Waals surface area (Å²) in [6.07, 6.45) is -4.14. The van der Waals surface area contributed by atoms with Crippen molar-refractivity contribution < 1.29 is 27.9 Å². The van der Waals surface area contributed by atoms with Crippen molar-refractivity contribution in [3.05, 3.63) is 35.9 Å². The van der Waals surface area contributed by atoms with Gasteiger partial charge in [-0.1, -0.05) is 30.3 Å². The van der Waals surface area contributed by atoms with Gasteiger partial charge in [0, 0.05) is 25.7 Å². The summed E-state index contributed by atoms with van der Waals surface area (Å²) in [5.74, 6) is -1.85. The third kappa shape index (κ3) is 5.37. The molecule has 1 aromatic carbocycles. The van der Waals surface area contributed by atoms with Crippen molar-refractivity contribution in [1.82, 2.24) is 9.80 Å². The van der Waals surface area contributed by atoms with Gasteiger partial charge in [0.25, 0.3) is 0 Å². The Balaban J connectivity index is 1.85. The standard InChI is InChI=1S/C17H21F3N2O3/c18-17(19,20)15(23)21-11-8-14(9-12-21)22(16(24)25)10-4-7-13-5-2-1-3-6-13/h1-3,5-6,14H,4,7-12H2,(H,24,25). The number of benzene rings is 1. The molecule has 1 aliphatic rings. The lowest BCUT2D eigenvalue weighted by Crippen LogP contribution is -2.51. The zero-order valence-corrected chi connectivity index (χ0v) is 13.7. The van der Waals surface area contributed by atoms with Gasteiger partial charge in [0.05, 0.1) is 0 Å². The topological polar surface area (TPSA) is 60.9 Å². The second kappa shape index (κ2) is 8.22. The molecule has 2 amide bonds. The predicted octanol–water partition coefficient (Wildman–Crippen LogP) is 3.15. The van der Waals surface area contributed by atoms with Crippen molar-refractivity contribution in [2.75, 3.05) is 19.6 Å². The molecule has 0 bridgehead atoms. The molecule has 1 fully saturated rings. The molecule has 0 spiro atoms. The fourth-order valence-corrected chi connectivity index (χ4v) is 3.09. The smallest absolute Gasteiger partial charge is 0.465 e. The highest BCUT2D eigenvalue weighted by atomic mass is 19.4. The third-order valence-electron chi connectivity index (χ3n) is 4.39. The van der Waals surface area contributed by atoms with Gasteiger partial charge in [-0.3, -0.25) is 4.79 Å². The summed E-state index contributed by atoms with van der Waals surface area (Å²) in [6.45, 7) is 0.166. The molecule has 1 aromatic rings. The second-order valence-corrected chi connectivity index (χ2v) is 6.09. The first-order valence-corrected chi connectivity index (χ1v) is 8.18. The Labute approximate surface area is 144 Å². The highest BCUT2D eigenvalue weighted by molar-refractivity contribution is 5.82. The van der Waals surface area contributed by atoms with Crippen molar-refractivity contribution in [3.63, 3.8) is 0 Å². The summed E-state index contributed by atoms with van der Waals surface area (Å²) in [7, 11) is 0. The van der Waals surface area contributed by atoms with Gasteiger partial charge in [0.1, 0.15) is 0 Å². The van der Waals surface area contributed by atoms with E-state index in [0.717, 1.165) is 16.9 Å². The van der Waals surface area contributed by atoms with E-state index in [1.807, 2.05) is 30.3 Å². The van der Waals surface area contributed by atoms with E-state index in [0.29, 0.717) is 13.0 Å². The Morgan fingerprint density at radius 2 is 1.76 bits per heavy atom. The summed E-state index contributed by atoms with van der Waals surface area (Å²) < 4.78 is 37.3. The van der Waals surface area contributed by atoms with Gasteiger partial charge in [-0.05, 0) is 31.2 Å². The highest BCUT2D eigenvalue weighted by Crippen LogP contribution is 2.23. The maximum atomic E-state index is 12.4. The van der Waals surface area contributed by atoms with Crippen LogP contribution < -0.4 is 0 Å². The molecule has 1 N–H and O–H groups in total. The van der Waals surface area contributed by atoms with Crippen LogP contribution in [0.4, 0.5) is 18.0 Å². The number of carboxylic acid groups (broad SMARTS) is 1. The number of amides is 2. The van der Waals surface area contributed by atoms with E-state index in [4.69, 9.17) is 0 Å². The molecule has 0 saturated carbocycles. The van der Waals surface area contributed by atoms with E-state index in [9.17, 15) is 27.9 Å². The van der Waals surface area contributed by atoms with E-state index >= 15 is 0 Å². The van der Waals surface area contributed by atoms with E-state index in [-0.39, 0.29) is 32.0 Å². The lowest BCUT2D eigenvalue weighted by Gasteiger charge is -2.37. The number of alkyl halides is 3. The van der Waals surface area contributed by atoms with Crippen LogP contribution in [-0.4, -0.2) is 58.8 Å². The third-order valence-corrected chi connectivity index (χ3v) is 4.39. The molecule has 8 heteroatoms. The van der Waals surface area contributed by atoms with Gasteiger partial charge >= 0.3 is 18.2 Å². The number of halogens is 3. The van der Waals surface area contributed by atoms with Crippen LogP contribution in [0.5, 0.6) is 0 Å². The molecule has 1 aliphatic heterocycles. The summed E-state index contributed by atoms with van der Waals surface area (Å²) in [4.78, 5) is 24.8. The molecule has 0 atom stereocenters. The van der Waals surface area contributed by atoms with Crippen LogP contribution >= 0.6 is 0 Å². The average molecular weight is 358 g/mol. The molecular formula is C17H21F3N2O3. The molecule has 25 heavy (non-hydrogen) atoms. The Morgan fingerprint density at radius 3 is 2.28 bits per heavy atom. The first-order chi connectivity index (χ1) is 11.8. The van der Waals surface area contributed by atoms with E-state index < -0.39 is 18.2 Å². The van der Waals surface area contributed by atoms with Crippen LogP contribution in [0.3, 0.4) is 0 Å². The van der Waals surface area contributed by atoms with Crippen molar-refractivity contribution in [2.24, 2.45) is 0 Å². The van der Waals surface area contributed by atoms with Crippen LogP contribution in [0.2, 0.25) is 0 Å². The molecular weight excluding hydrogens is 337 g/mol. The fourth-order valence-electron chi connectivity index (χ4n) is 3.09. The second-order valence-electron chi connectivity index (χ2n) is 6.09. The average Bonchev–Trinajstić information content (AvgIpc) is 2.58. The molecule has 2 rings (SSSR count). The maximum Gasteiger partial charge on any atom is 0.471 e. The summed E-state index contributed by atoms with van der Waals surface area (Å²) >= 11 is 0. The molecule has 5 nitrogen and oxygen atoms in total. The Hall–Kier alpha value is -2.25. The largest absolute Gasteiger partial charge is 0.471 e. The van der Waals surface area contributed by atoms with E-state index in [1.54, 1.807) is 0 Å². The number of nitrogens with zero attached hydrogens (tertiary/aromatic N) is 2. The zero-order valence-electron chi connectivity index (χ0n) is 13.7. The van der Waals surface area contributed by atoms with Crippen molar-refractivity contribution in [2.45, 2.75) is 37.9 Å². The Kier molecular flexibility index (Phi) is 6.27. The van der Waals surface area contributed by atoms with Crippen LogP contribution in [0, 0.1) is 0 Å². The molecule has 1 heterocycles. The predicted molar refractivity (Wildman–Crippen MR) is 85.2 cm³/mol. The van der Waals surface area contributed by atoms with Crippen LogP contribution in [-0.2, 0) is 11.2 Å². The summed E-state index contributed by atoms with van der Waals surface area (Å²) in [5.41, 5.74) is 1.11. The number of carbonyl (C=O) groups is 2. The van der Waals surface area contributed by atoms with Crippen molar-refractivity contribution in [3.8, 4) is 0 Å². The molecule has 138 valence electrons. The van der Waals surface area contributed by atoms with Gasteiger partial charge < -0.3 is 14.9 Å². The highest BCUT2D eigenvalue weighted by Gasteiger charge is 2.43. The number of hydrogen-bond donors (Lipinski definition) is 1. The van der Waals surface area contributed by atoms with Crippen LogP contribution in [0.25, 0.3) is 0 Å². The normalized spacial score (nSPS) is 15.9. The lowest BCUT2D eigenvalue weighted by atomic mass is 10.0. The van der Waals surface area contributed by atoms with Crippen LogP contribution in [0.1, 0.15) is 24.8 Å².